The van der Waals surface area contributed by atoms with Crippen molar-refractivity contribution < 1.29 is 18.0 Å². The third-order valence-electron chi connectivity index (χ3n) is 6.43. The molecule has 0 aliphatic heterocycles. The van der Waals surface area contributed by atoms with Crippen LogP contribution in [0.25, 0.3) is 0 Å². The van der Waals surface area contributed by atoms with Gasteiger partial charge in [-0.05, 0) is 74.6 Å². The Bertz CT molecular complexity index is 1180. The number of fused-ring (bicyclic) bond motifs is 2. The van der Waals surface area contributed by atoms with Crippen LogP contribution in [0.2, 0.25) is 0 Å². The number of rotatable bonds is 6. The van der Waals surface area contributed by atoms with Gasteiger partial charge in [-0.3, -0.25) is 9.48 Å². The molecule has 2 aliphatic carbocycles. The molecule has 0 atom stereocenters. The van der Waals surface area contributed by atoms with Crippen molar-refractivity contribution in [3.8, 4) is 0 Å². The van der Waals surface area contributed by atoms with E-state index >= 15 is 0 Å². The third kappa shape index (κ3) is 4.62. The maximum atomic E-state index is 13.0. The average Bonchev–Trinajstić information content (AvgIpc) is 3.46. The number of carbonyl (C=O) groups excluding carboxylic acids is 2. The van der Waals surface area contributed by atoms with Gasteiger partial charge in [0.1, 0.15) is 0 Å². The zero-order valence-corrected chi connectivity index (χ0v) is 20.4. The number of aromatic nitrogens is 2. The first-order chi connectivity index (χ1) is 15.6. The molecule has 0 radical (unpaired) electrons. The summed E-state index contributed by atoms with van der Waals surface area (Å²) in [6.45, 7) is 5.40. The van der Waals surface area contributed by atoms with E-state index < -0.39 is 16.1 Å². The van der Waals surface area contributed by atoms with Crippen molar-refractivity contribution in [3.63, 3.8) is 0 Å². The van der Waals surface area contributed by atoms with Gasteiger partial charge in [0.15, 0.2) is 5.03 Å². The van der Waals surface area contributed by atoms with Crippen molar-refractivity contribution in [2.24, 2.45) is 0 Å². The second-order valence-corrected chi connectivity index (χ2v) is 10.8. The van der Waals surface area contributed by atoms with E-state index in [9.17, 15) is 18.0 Å². The van der Waals surface area contributed by atoms with Gasteiger partial charge in [-0.25, -0.2) is 9.52 Å². The van der Waals surface area contributed by atoms with Crippen molar-refractivity contribution in [2.75, 3.05) is 12.4 Å². The molecule has 0 bridgehead atoms. The second-order valence-electron chi connectivity index (χ2n) is 9.18. The lowest BCUT2D eigenvalue weighted by Gasteiger charge is -2.17. The van der Waals surface area contributed by atoms with Crippen LogP contribution >= 0.6 is 0 Å². The Morgan fingerprint density at radius 3 is 2.24 bits per heavy atom. The van der Waals surface area contributed by atoms with Gasteiger partial charge in [0.25, 0.3) is 10.0 Å². The third-order valence-corrected chi connectivity index (χ3v) is 7.63. The van der Waals surface area contributed by atoms with Gasteiger partial charge >= 0.3 is 6.03 Å². The largest absolute Gasteiger partial charge is 0.340 e. The van der Waals surface area contributed by atoms with Crippen LogP contribution in [0, 0.1) is 0 Å². The molecule has 2 aromatic rings. The highest BCUT2D eigenvalue weighted by Crippen LogP contribution is 2.38. The fraction of sp³-hybridized carbons (Fsp3) is 0.522. The maximum absolute atomic E-state index is 13.0. The van der Waals surface area contributed by atoms with Gasteiger partial charge in [-0.15, -0.1) is 0 Å². The normalized spacial score (nSPS) is 14.8. The Morgan fingerprint density at radius 2 is 1.70 bits per heavy atom. The lowest BCUT2D eigenvalue weighted by Crippen LogP contribution is -2.35. The molecular weight excluding hydrogens is 442 g/mol. The van der Waals surface area contributed by atoms with Crippen LogP contribution in [0.1, 0.15) is 67.6 Å². The molecule has 0 fully saturated rings. The van der Waals surface area contributed by atoms with Crippen LogP contribution in [0.3, 0.4) is 0 Å². The fourth-order valence-corrected chi connectivity index (χ4v) is 5.63. The number of benzene rings is 1. The zero-order chi connectivity index (χ0) is 23.9. The summed E-state index contributed by atoms with van der Waals surface area (Å²) in [6, 6.07) is 2.76. The number of urea groups is 1. The number of hydrogen-bond acceptors (Lipinski definition) is 5. The van der Waals surface area contributed by atoms with Gasteiger partial charge in [-0.2, -0.15) is 13.5 Å². The van der Waals surface area contributed by atoms with Crippen LogP contribution < -0.4 is 10.0 Å². The van der Waals surface area contributed by atoms with Gasteiger partial charge < -0.3 is 10.2 Å². The quantitative estimate of drug-likeness (QED) is 0.670. The number of carbonyl (C=O) groups is 2. The van der Waals surface area contributed by atoms with Gasteiger partial charge in [0.2, 0.25) is 5.91 Å². The van der Waals surface area contributed by atoms with Crippen LogP contribution in [-0.4, -0.2) is 42.1 Å². The van der Waals surface area contributed by atoms with Gasteiger partial charge in [0, 0.05) is 31.8 Å². The molecule has 0 spiro atoms. The van der Waals surface area contributed by atoms with Crippen LogP contribution in [0.4, 0.5) is 10.5 Å². The number of sulfonamides is 1. The molecule has 0 unspecified atom stereocenters. The second kappa shape index (κ2) is 8.81. The Kier molecular flexibility index (Phi) is 6.22. The van der Waals surface area contributed by atoms with Gasteiger partial charge in [-0.1, -0.05) is 6.07 Å². The summed E-state index contributed by atoms with van der Waals surface area (Å²) in [7, 11) is -2.56. The van der Waals surface area contributed by atoms with Crippen LogP contribution in [-0.2, 0) is 47.0 Å². The predicted molar refractivity (Wildman–Crippen MR) is 125 cm³/mol. The summed E-state index contributed by atoms with van der Waals surface area (Å²) in [5, 5.41) is 6.81. The molecule has 33 heavy (non-hydrogen) atoms. The number of nitrogens with one attached hydrogen (secondary N) is 2. The van der Waals surface area contributed by atoms with Crippen LogP contribution in [0.5, 0.6) is 0 Å². The summed E-state index contributed by atoms with van der Waals surface area (Å²) >= 11 is 0. The monoisotopic (exact) mass is 473 g/mol. The molecule has 1 aromatic heterocycles. The first-order valence-electron chi connectivity index (χ1n) is 11.4. The Morgan fingerprint density at radius 1 is 1.09 bits per heavy atom. The maximum Gasteiger partial charge on any atom is 0.333 e. The zero-order valence-electron chi connectivity index (χ0n) is 19.6. The van der Waals surface area contributed by atoms with E-state index in [0.717, 1.165) is 55.3 Å². The Hall–Kier alpha value is -2.88. The minimum atomic E-state index is -4.20. The molecule has 1 heterocycles. The standard InChI is InChI=1S/C23H31N5O4S/c1-14(2)28-18(13-27(4)15(3)29)12-21(25-28)33(31,32)26-23(30)24-22-19-9-5-7-16(19)11-17-8-6-10-20(17)22/h11-12,14H,5-10,13H2,1-4H3,(H2,24,26,30). The van der Waals surface area contributed by atoms with Crippen molar-refractivity contribution in [2.45, 2.75) is 76.9 Å². The molecule has 0 saturated carbocycles. The number of amides is 3. The minimum Gasteiger partial charge on any atom is -0.340 e. The summed E-state index contributed by atoms with van der Waals surface area (Å²) in [5.74, 6) is -0.142. The molecule has 178 valence electrons. The highest BCUT2D eigenvalue weighted by atomic mass is 32.2. The van der Waals surface area contributed by atoms with E-state index in [0.29, 0.717) is 5.69 Å². The summed E-state index contributed by atoms with van der Waals surface area (Å²) < 4.78 is 29.6. The number of aryl methyl sites for hydroxylation is 2. The molecule has 1 aromatic carbocycles. The van der Waals surface area contributed by atoms with E-state index in [1.807, 2.05) is 13.8 Å². The van der Waals surface area contributed by atoms with E-state index in [4.69, 9.17) is 0 Å². The highest BCUT2D eigenvalue weighted by Gasteiger charge is 2.28. The fourth-order valence-electron chi connectivity index (χ4n) is 4.74. The molecule has 0 saturated heterocycles. The Labute approximate surface area is 194 Å². The average molecular weight is 474 g/mol. The van der Waals surface area contributed by atoms with Crippen LogP contribution in [0.15, 0.2) is 17.2 Å². The van der Waals surface area contributed by atoms with Crippen molar-refractivity contribution >= 4 is 27.6 Å². The van der Waals surface area contributed by atoms with E-state index in [-0.39, 0.29) is 23.5 Å². The first kappa shape index (κ1) is 23.3. The van der Waals surface area contributed by atoms with Crippen molar-refractivity contribution in [3.05, 3.63) is 40.1 Å². The molecular formula is C23H31N5O4S. The van der Waals surface area contributed by atoms with Crippen molar-refractivity contribution in [1.29, 1.82) is 0 Å². The number of nitrogens with zero attached hydrogens (tertiary/aromatic N) is 3. The van der Waals surface area contributed by atoms with E-state index in [2.05, 4.69) is 21.2 Å². The minimum absolute atomic E-state index is 0.118. The van der Waals surface area contributed by atoms with Gasteiger partial charge in [0.05, 0.1) is 12.2 Å². The smallest absolute Gasteiger partial charge is 0.333 e. The SMILES string of the molecule is CC(=O)N(C)Cc1cc(S(=O)(=O)NC(=O)Nc2c3c(cc4c2CCC4)CCC3)nn1C(C)C. The summed E-state index contributed by atoms with van der Waals surface area (Å²) in [4.78, 5) is 25.9. The van der Waals surface area contributed by atoms with E-state index in [1.54, 1.807) is 11.7 Å². The summed E-state index contributed by atoms with van der Waals surface area (Å²) in [5.41, 5.74) is 6.11. The molecule has 10 heteroatoms. The predicted octanol–water partition coefficient (Wildman–Crippen LogP) is 2.93. The molecule has 4 rings (SSSR count). The molecule has 2 N–H and O–H groups in total. The number of hydrogen-bond donors (Lipinski definition) is 2. The van der Waals surface area contributed by atoms with Crippen molar-refractivity contribution in [1.82, 2.24) is 19.4 Å². The highest BCUT2D eigenvalue weighted by molar-refractivity contribution is 7.90. The summed E-state index contributed by atoms with van der Waals surface area (Å²) in [6.07, 6.45) is 5.82. The Balaban J connectivity index is 1.57. The lowest BCUT2D eigenvalue weighted by atomic mass is 9.99. The number of anilines is 1. The molecule has 3 amide bonds. The lowest BCUT2D eigenvalue weighted by molar-refractivity contribution is -0.128. The topological polar surface area (TPSA) is 113 Å². The van der Waals surface area contributed by atoms with E-state index in [1.165, 1.54) is 29.0 Å². The molecule has 2 aliphatic rings. The first-order valence-corrected chi connectivity index (χ1v) is 12.9. The molecule has 9 nitrogen and oxygen atoms in total.